The molecule has 0 aliphatic carbocycles. The highest BCUT2D eigenvalue weighted by molar-refractivity contribution is 5.89. The topological polar surface area (TPSA) is 49.8 Å². The summed E-state index contributed by atoms with van der Waals surface area (Å²) < 4.78 is 4.75. The highest BCUT2D eigenvalue weighted by Gasteiger charge is 2.20. The fourth-order valence-corrected chi connectivity index (χ4v) is 2.80. The van der Waals surface area contributed by atoms with Crippen molar-refractivity contribution in [2.24, 2.45) is 0 Å². The zero-order valence-corrected chi connectivity index (χ0v) is 12.0. The van der Waals surface area contributed by atoms with Gasteiger partial charge in [-0.3, -0.25) is 4.90 Å². The van der Waals surface area contributed by atoms with Crippen LogP contribution in [-0.2, 0) is 11.3 Å². The lowest BCUT2D eigenvalue weighted by molar-refractivity contribution is 0.0600. The van der Waals surface area contributed by atoms with Crippen LogP contribution in [0.2, 0.25) is 0 Å². The molecule has 1 N–H and O–H groups in total. The van der Waals surface area contributed by atoms with Crippen LogP contribution in [0.3, 0.4) is 0 Å². The summed E-state index contributed by atoms with van der Waals surface area (Å²) in [5.74, 6) is -0.304. The minimum Gasteiger partial charge on any atom is -0.465 e. The standard InChI is InChI=1S/C16H23NO3/c1-20-16(19)14-7-5-6-13(10-14)11-17-9-4-2-3-8-15(17)12-18/h5-7,10,15,18H,2-4,8-9,11-12H2,1H3. The summed E-state index contributed by atoms with van der Waals surface area (Å²) in [6.45, 7) is 1.99. The number of benzene rings is 1. The van der Waals surface area contributed by atoms with Gasteiger partial charge in [0.1, 0.15) is 0 Å². The predicted octanol–water partition coefficient (Wildman–Crippen LogP) is 2.21. The minimum absolute atomic E-state index is 0.205. The molecule has 0 bridgehead atoms. The quantitative estimate of drug-likeness (QED) is 0.857. The Bertz CT molecular complexity index is 447. The lowest BCUT2D eigenvalue weighted by Gasteiger charge is -2.28. The summed E-state index contributed by atoms with van der Waals surface area (Å²) in [5.41, 5.74) is 1.67. The molecule has 1 fully saturated rings. The number of rotatable bonds is 4. The zero-order chi connectivity index (χ0) is 14.4. The summed E-state index contributed by atoms with van der Waals surface area (Å²) in [5, 5.41) is 9.53. The van der Waals surface area contributed by atoms with Crippen LogP contribution in [0.4, 0.5) is 0 Å². The van der Waals surface area contributed by atoms with Gasteiger partial charge >= 0.3 is 5.97 Å². The van der Waals surface area contributed by atoms with Gasteiger partial charge in [0, 0.05) is 12.6 Å². The molecule has 110 valence electrons. The number of esters is 1. The Hall–Kier alpha value is -1.39. The van der Waals surface area contributed by atoms with Crippen molar-refractivity contribution in [3.63, 3.8) is 0 Å². The third kappa shape index (κ3) is 3.81. The van der Waals surface area contributed by atoms with E-state index in [4.69, 9.17) is 4.74 Å². The molecule has 0 saturated carbocycles. The first-order valence-corrected chi connectivity index (χ1v) is 7.26. The maximum absolute atomic E-state index is 11.6. The molecule has 4 nitrogen and oxygen atoms in total. The fourth-order valence-electron chi connectivity index (χ4n) is 2.80. The summed E-state index contributed by atoms with van der Waals surface area (Å²) in [6.07, 6.45) is 4.64. The van der Waals surface area contributed by atoms with Crippen LogP contribution < -0.4 is 0 Å². The van der Waals surface area contributed by atoms with Crippen molar-refractivity contribution >= 4 is 5.97 Å². The van der Waals surface area contributed by atoms with Gasteiger partial charge in [0.05, 0.1) is 19.3 Å². The Labute approximate surface area is 120 Å². The molecule has 20 heavy (non-hydrogen) atoms. The van der Waals surface area contributed by atoms with Crippen molar-refractivity contribution in [3.8, 4) is 0 Å². The number of ether oxygens (including phenoxy) is 1. The monoisotopic (exact) mass is 277 g/mol. The molecule has 2 rings (SSSR count). The average molecular weight is 277 g/mol. The van der Waals surface area contributed by atoms with Crippen LogP contribution in [0.15, 0.2) is 24.3 Å². The summed E-state index contributed by atoms with van der Waals surface area (Å²) in [6, 6.07) is 7.78. The number of methoxy groups -OCH3 is 1. The van der Waals surface area contributed by atoms with Gasteiger partial charge in [0.15, 0.2) is 0 Å². The van der Waals surface area contributed by atoms with E-state index in [-0.39, 0.29) is 18.6 Å². The molecule has 0 aromatic heterocycles. The van der Waals surface area contributed by atoms with E-state index < -0.39 is 0 Å². The van der Waals surface area contributed by atoms with E-state index in [1.54, 1.807) is 6.07 Å². The number of hydrogen-bond acceptors (Lipinski definition) is 4. The van der Waals surface area contributed by atoms with E-state index in [1.165, 1.54) is 26.4 Å². The van der Waals surface area contributed by atoms with Gasteiger partial charge in [-0.25, -0.2) is 4.79 Å². The Morgan fingerprint density at radius 3 is 3.00 bits per heavy atom. The molecule has 1 saturated heterocycles. The third-order valence-electron chi connectivity index (χ3n) is 3.94. The predicted molar refractivity (Wildman–Crippen MR) is 77.5 cm³/mol. The fraction of sp³-hybridized carbons (Fsp3) is 0.562. The first kappa shape index (κ1) is 15.0. The Morgan fingerprint density at radius 1 is 1.40 bits per heavy atom. The van der Waals surface area contributed by atoms with Gasteiger partial charge in [0.25, 0.3) is 0 Å². The molecular formula is C16H23NO3. The van der Waals surface area contributed by atoms with Gasteiger partial charge < -0.3 is 9.84 Å². The van der Waals surface area contributed by atoms with Crippen LogP contribution in [0.5, 0.6) is 0 Å². The van der Waals surface area contributed by atoms with Crippen LogP contribution >= 0.6 is 0 Å². The highest BCUT2D eigenvalue weighted by Crippen LogP contribution is 2.19. The number of nitrogens with zero attached hydrogens (tertiary/aromatic N) is 1. The maximum Gasteiger partial charge on any atom is 0.337 e. The average Bonchev–Trinajstić information content (AvgIpc) is 2.71. The Kier molecular flexibility index (Phi) is 5.56. The van der Waals surface area contributed by atoms with Crippen molar-refractivity contribution in [1.29, 1.82) is 0 Å². The van der Waals surface area contributed by atoms with E-state index in [0.29, 0.717) is 5.56 Å². The molecule has 1 aromatic carbocycles. The lowest BCUT2D eigenvalue weighted by Crippen LogP contribution is -2.36. The molecule has 1 aliphatic rings. The van der Waals surface area contributed by atoms with Crippen LogP contribution in [-0.4, -0.2) is 42.3 Å². The normalized spacial score (nSPS) is 20.4. The second-order valence-electron chi connectivity index (χ2n) is 5.35. The van der Waals surface area contributed by atoms with Gasteiger partial charge in [-0.2, -0.15) is 0 Å². The van der Waals surface area contributed by atoms with Crippen molar-refractivity contribution in [2.75, 3.05) is 20.3 Å². The minimum atomic E-state index is -0.304. The number of carbonyl (C=O) groups excluding carboxylic acids is 1. The second-order valence-corrected chi connectivity index (χ2v) is 5.35. The molecule has 0 radical (unpaired) electrons. The SMILES string of the molecule is COC(=O)c1cccc(CN2CCCCCC2CO)c1. The number of carbonyl (C=O) groups is 1. The Balaban J connectivity index is 2.09. The smallest absolute Gasteiger partial charge is 0.337 e. The van der Waals surface area contributed by atoms with Crippen LogP contribution in [0.1, 0.15) is 41.6 Å². The van der Waals surface area contributed by atoms with Gasteiger partial charge in [-0.05, 0) is 37.1 Å². The summed E-state index contributed by atoms with van der Waals surface area (Å²) in [7, 11) is 1.39. The van der Waals surface area contributed by atoms with Crippen LogP contribution in [0.25, 0.3) is 0 Å². The summed E-state index contributed by atoms with van der Waals surface area (Å²) in [4.78, 5) is 13.9. The van der Waals surface area contributed by atoms with Gasteiger partial charge in [-0.1, -0.05) is 25.0 Å². The van der Waals surface area contributed by atoms with Crippen molar-refractivity contribution in [3.05, 3.63) is 35.4 Å². The lowest BCUT2D eigenvalue weighted by atomic mass is 10.1. The molecule has 1 heterocycles. The molecule has 1 aliphatic heterocycles. The number of aliphatic hydroxyl groups excluding tert-OH is 1. The van der Waals surface area contributed by atoms with Crippen molar-refractivity contribution in [1.82, 2.24) is 4.90 Å². The largest absolute Gasteiger partial charge is 0.465 e. The molecular weight excluding hydrogens is 254 g/mol. The first-order valence-electron chi connectivity index (χ1n) is 7.26. The van der Waals surface area contributed by atoms with Crippen molar-refractivity contribution < 1.29 is 14.6 Å². The molecule has 0 spiro atoms. The van der Waals surface area contributed by atoms with Crippen LogP contribution in [0, 0.1) is 0 Å². The van der Waals surface area contributed by atoms with Gasteiger partial charge in [-0.15, -0.1) is 0 Å². The van der Waals surface area contributed by atoms with E-state index in [1.807, 2.05) is 18.2 Å². The molecule has 4 heteroatoms. The number of hydrogen-bond donors (Lipinski definition) is 1. The Morgan fingerprint density at radius 2 is 2.25 bits per heavy atom. The van der Waals surface area contributed by atoms with Crippen molar-refractivity contribution in [2.45, 2.75) is 38.3 Å². The number of likely N-dealkylation sites (tertiary alicyclic amines) is 1. The molecule has 1 atom stereocenters. The highest BCUT2D eigenvalue weighted by atomic mass is 16.5. The van der Waals surface area contributed by atoms with E-state index in [2.05, 4.69) is 4.90 Å². The number of aliphatic hydroxyl groups is 1. The second kappa shape index (κ2) is 7.41. The van der Waals surface area contributed by atoms with Gasteiger partial charge in [0.2, 0.25) is 0 Å². The summed E-state index contributed by atoms with van der Waals surface area (Å²) >= 11 is 0. The van der Waals surface area contributed by atoms with E-state index in [9.17, 15) is 9.90 Å². The molecule has 1 aromatic rings. The maximum atomic E-state index is 11.6. The zero-order valence-electron chi connectivity index (χ0n) is 12.0. The van der Waals surface area contributed by atoms with E-state index in [0.717, 1.165) is 25.1 Å². The third-order valence-corrected chi connectivity index (χ3v) is 3.94. The molecule has 1 unspecified atom stereocenters. The first-order chi connectivity index (χ1) is 9.74. The van der Waals surface area contributed by atoms with E-state index >= 15 is 0 Å². The molecule has 0 amide bonds.